The number of thioether (sulfide) groups is 2. The third kappa shape index (κ3) is 4.55. The molecule has 1 saturated carbocycles. The molecule has 1 amide bonds. The van der Waals surface area contributed by atoms with Crippen molar-refractivity contribution in [3.63, 3.8) is 0 Å². The zero-order chi connectivity index (χ0) is 22.3. The van der Waals surface area contributed by atoms with Gasteiger partial charge >= 0.3 is 6.18 Å². The van der Waals surface area contributed by atoms with Crippen molar-refractivity contribution in [2.45, 2.75) is 61.3 Å². The maximum atomic E-state index is 13.3. The van der Waals surface area contributed by atoms with Gasteiger partial charge in [-0.15, -0.1) is 23.5 Å². The number of nitrogens with zero attached hydrogens (tertiary/aromatic N) is 1. The van der Waals surface area contributed by atoms with Crippen LogP contribution in [0.3, 0.4) is 0 Å². The van der Waals surface area contributed by atoms with E-state index in [1.165, 1.54) is 18.6 Å². The molecule has 9 heteroatoms. The van der Waals surface area contributed by atoms with Crippen LogP contribution in [0.2, 0.25) is 0 Å². The van der Waals surface area contributed by atoms with Crippen LogP contribution in [0.25, 0.3) is 0 Å². The van der Waals surface area contributed by atoms with Crippen molar-refractivity contribution in [1.29, 1.82) is 0 Å². The van der Waals surface area contributed by atoms with E-state index in [0.29, 0.717) is 37.9 Å². The van der Waals surface area contributed by atoms with Crippen molar-refractivity contribution in [3.05, 3.63) is 24.3 Å². The van der Waals surface area contributed by atoms with Crippen LogP contribution in [0, 0.1) is 5.41 Å². The van der Waals surface area contributed by atoms with E-state index in [1.54, 1.807) is 17.0 Å². The number of amides is 1. The van der Waals surface area contributed by atoms with Gasteiger partial charge in [0.15, 0.2) is 6.61 Å². The van der Waals surface area contributed by atoms with Gasteiger partial charge in [-0.05, 0) is 81.2 Å². The van der Waals surface area contributed by atoms with Crippen LogP contribution in [-0.2, 0) is 4.79 Å². The molecule has 2 aliphatic heterocycles. The van der Waals surface area contributed by atoms with Crippen LogP contribution < -0.4 is 9.64 Å². The van der Waals surface area contributed by atoms with Crippen molar-refractivity contribution < 1.29 is 27.8 Å². The predicted octanol–water partition coefficient (Wildman–Crippen LogP) is 5.24. The zero-order valence-corrected chi connectivity index (χ0v) is 19.2. The van der Waals surface area contributed by atoms with Crippen molar-refractivity contribution in [1.82, 2.24) is 0 Å². The van der Waals surface area contributed by atoms with Crippen LogP contribution in [0.4, 0.5) is 18.9 Å². The highest BCUT2D eigenvalue weighted by Crippen LogP contribution is 2.58. The topological polar surface area (TPSA) is 49.8 Å². The van der Waals surface area contributed by atoms with E-state index in [2.05, 4.69) is 6.92 Å². The van der Waals surface area contributed by atoms with Gasteiger partial charge in [0.25, 0.3) is 0 Å². The maximum Gasteiger partial charge on any atom is 0.422 e. The van der Waals surface area contributed by atoms with Crippen LogP contribution in [0.1, 0.15) is 45.4 Å². The first-order valence-corrected chi connectivity index (χ1v) is 12.7. The first-order chi connectivity index (χ1) is 14.6. The van der Waals surface area contributed by atoms with Crippen molar-refractivity contribution in [2.24, 2.45) is 5.41 Å². The lowest BCUT2D eigenvalue weighted by molar-refractivity contribution is -0.153. The number of anilines is 1. The van der Waals surface area contributed by atoms with Gasteiger partial charge in [-0.25, -0.2) is 0 Å². The van der Waals surface area contributed by atoms with Crippen LogP contribution in [0.15, 0.2) is 24.3 Å². The molecule has 1 spiro atoms. The highest BCUT2D eigenvalue weighted by Gasteiger charge is 2.57. The summed E-state index contributed by atoms with van der Waals surface area (Å²) in [4.78, 5) is 15.1. The number of hydrogen-bond acceptors (Lipinski definition) is 5. The highest BCUT2D eigenvalue weighted by molar-refractivity contribution is 8.18. The molecule has 31 heavy (non-hydrogen) atoms. The number of benzene rings is 1. The van der Waals surface area contributed by atoms with Crippen molar-refractivity contribution in [3.8, 4) is 5.75 Å². The van der Waals surface area contributed by atoms with Gasteiger partial charge in [0.2, 0.25) is 5.91 Å². The fourth-order valence-corrected chi connectivity index (χ4v) is 8.24. The zero-order valence-electron chi connectivity index (χ0n) is 17.5. The van der Waals surface area contributed by atoms with Gasteiger partial charge in [-0.2, -0.15) is 13.2 Å². The minimum atomic E-state index is -4.38. The molecule has 1 aromatic carbocycles. The number of hydrogen-bond donors (Lipinski definition) is 1. The van der Waals surface area contributed by atoms with Gasteiger partial charge in [-0.1, -0.05) is 0 Å². The summed E-state index contributed by atoms with van der Waals surface area (Å²) in [6, 6.07) is 6.21. The van der Waals surface area contributed by atoms with Crippen molar-refractivity contribution >= 4 is 35.1 Å². The SMILES string of the molecule is CC1([C@]2(O)CC[C@]3(CCN(c4ccc(OCC(F)(F)F)cc4)C3=O)CC2)SCCCS1. The molecule has 2 heterocycles. The van der Waals surface area contributed by atoms with E-state index >= 15 is 0 Å². The Morgan fingerprint density at radius 3 is 2.26 bits per heavy atom. The smallest absolute Gasteiger partial charge is 0.422 e. The van der Waals surface area contributed by atoms with Crippen LogP contribution in [-0.4, -0.2) is 51.5 Å². The number of carbonyl (C=O) groups is 1. The Balaban J connectivity index is 1.40. The predicted molar refractivity (Wildman–Crippen MR) is 119 cm³/mol. The average Bonchev–Trinajstić information content (AvgIpc) is 3.05. The van der Waals surface area contributed by atoms with E-state index < -0.39 is 23.8 Å². The molecule has 0 radical (unpaired) electrons. The Labute approximate surface area is 189 Å². The van der Waals surface area contributed by atoms with E-state index in [9.17, 15) is 23.1 Å². The molecule has 1 aromatic rings. The summed E-state index contributed by atoms with van der Waals surface area (Å²) in [5.74, 6) is 2.31. The number of ether oxygens (including phenoxy) is 1. The second-order valence-corrected chi connectivity index (χ2v) is 12.2. The molecule has 4 nitrogen and oxygen atoms in total. The third-order valence-corrected chi connectivity index (χ3v) is 10.5. The Bertz CT molecular complexity index is 801. The molecule has 2 saturated heterocycles. The molecule has 0 unspecified atom stereocenters. The molecule has 1 aliphatic carbocycles. The quantitative estimate of drug-likeness (QED) is 0.645. The van der Waals surface area contributed by atoms with Gasteiger partial charge < -0.3 is 14.7 Å². The average molecular weight is 476 g/mol. The summed E-state index contributed by atoms with van der Waals surface area (Å²) in [6.45, 7) is 1.39. The van der Waals surface area contributed by atoms with Gasteiger partial charge in [0.05, 0.1) is 15.1 Å². The van der Waals surface area contributed by atoms with E-state index in [-0.39, 0.29) is 15.7 Å². The standard InChI is InChI=1S/C22H28F3NO3S2/c1-19(30-13-2-14-31-19)21(28)9-7-20(8-10-21)11-12-26(18(20)27)16-3-5-17(6-4-16)29-15-22(23,24)25/h3-6,28H,2,7-15H2,1H3/t20-,21+. The van der Waals surface area contributed by atoms with E-state index in [1.807, 2.05) is 23.5 Å². The Hall–Kier alpha value is -1.06. The molecule has 0 aromatic heterocycles. The molecule has 3 aliphatic rings. The maximum absolute atomic E-state index is 13.3. The fourth-order valence-electron chi connectivity index (χ4n) is 4.92. The van der Waals surface area contributed by atoms with Gasteiger partial charge in [0, 0.05) is 12.2 Å². The summed E-state index contributed by atoms with van der Waals surface area (Å²) >= 11 is 3.68. The lowest BCUT2D eigenvalue weighted by Gasteiger charge is -2.51. The minimum Gasteiger partial charge on any atom is -0.484 e. The molecule has 0 atom stereocenters. The first kappa shape index (κ1) is 23.1. The summed E-state index contributed by atoms with van der Waals surface area (Å²) in [7, 11) is 0. The van der Waals surface area contributed by atoms with Crippen molar-refractivity contribution in [2.75, 3.05) is 29.6 Å². The van der Waals surface area contributed by atoms with E-state index in [0.717, 1.165) is 17.9 Å². The monoisotopic (exact) mass is 475 g/mol. The summed E-state index contributed by atoms with van der Waals surface area (Å²) in [5, 5.41) is 11.4. The summed E-state index contributed by atoms with van der Waals surface area (Å²) < 4.78 is 41.5. The normalized spacial score (nSPS) is 31.3. The van der Waals surface area contributed by atoms with Crippen LogP contribution >= 0.6 is 23.5 Å². The van der Waals surface area contributed by atoms with E-state index in [4.69, 9.17) is 4.74 Å². The Morgan fingerprint density at radius 1 is 1.06 bits per heavy atom. The molecule has 0 bridgehead atoms. The number of aliphatic hydroxyl groups is 1. The number of rotatable bonds is 4. The lowest BCUT2D eigenvalue weighted by atomic mass is 9.67. The molecule has 3 fully saturated rings. The third-order valence-electron chi connectivity index (χ3n) is 6.99. The van der Waals surface area contributed by atoms with Crippen LogP contribution in [0.5, 0.6) is 5.75 Å². The highest BCUT2D eigenvalue weighted by atomic mass is 32.2. The number of carbonyl (C=O) groups excluding carboxylic acids is 1. The summed E-state index contributed by atoms with van der Waals surface area (Å²) in [6.07, 6.45) is 0.0967. The molecular formula is C22H28F3NO3S2. The number of halogens is 3. The molecule has 1 N–H and O–H groups in total. The van der Waals surface area contributed by atoms with Gasteiger partial charge in [-0.3, -0.25) is 4.79 Å². The first-order valence-electron chi connectivity index (χ1n) is 10.7. The molecule has 4 rings (SSSR count). The molecular weight excluding hydrogens is 447 g/mol. The number of alkyl halides is 3. The second-order valence-electron chi connectivity index (χ2n) is 8.91. The molecule has 172 valence electrons. The van der Waals surface area contributed by atoms with Gasteiger partial charge in [0.1, 0.15) is 5.75 Å². The largest absolute Gasteiger partial charge is 0.484 e. The second kappa shape index (κ2) is 8.37. The Kier molecular flexibility index (Phi) is 6.24. The minimum absolute atomic E-state index is 0.0626. The lowest BCUT2D eigenvalue weighted by Crippen LogP contribution is -2.54. The fraction of sp³-hybridized carbons (Fsp3) is 0.682. The summed E-state index contributed by atoms with van der Waals surface area (Å²) in [5.41, 5.74) is -0.538. The Morgan fingerprint density at radius 2 is 1.68 bits per heavy atom.